The van der Waals surface area contributed by atoms with Crippen LogP contribution in [0.1, 0.15) is 39.5 Å². The molecule has 7 nitrogen and oxygen atoms in total. The van der Waals surface area contributed by atoms with Gasteiger partial charge >= 0.3 is 0 Å². The van der Waals surface area contributed by atoms with Crippen LogP contribution in [0.3, 0.4) is 0 Å². The van der Waals surface area contributed by atoms with E-state index in [2.05, 4.69) is 40.6 Å². The summed E-state index contributed by atoms with van der Waals surface area (Å²) in [6.07, 6.45) is 0.0612. The van der Waals surface area contributed by atoms with Crippen molar-refractivity contribution in [2.24, 2.45) is 5.73 Å². The van der Waals surface area contributed by atoms with Crippen LogP contribution in [0.15, 0.2) is 72.8 Å². The molecule has 0 saturated heterocycles. The summed E-state index contributed by atoms with van der Waals surface area (Å²) in [7, 11) is 0. The third-order valence-corrected chi connectivity index (χ3v) is 6.46. The number of para-hydroxylation sites is 1. The van der Waals surface area contributed by atoms with E-state index < -0.39 is 5.91 Å². The van der Waals surface area contributed by atoms with E-state index in [1.54, 1.807) is 4.90 Å². The molecule has 0 fully saturated rings. The maximum absolute atomic E-state index is 13.5. The lowest BCUT2D eigenvalue weighted by Crippen LogP contribution is -2.37. The summed E-state index contributed by atoms with van der Waals surface area (Å²) in [6.45, 7) is 2.03. The number of rotatable bonds is 7. The summed E-state index contributed by atoms with van der Waals surface area (Å²) in [4.78, 5) is 42.2. The molecule has 7 heteroatoms. The average Bonchev–Trinajstić information content (AvgIpc) is 3.37. The van der Waals surface area contributed by atoms with Gasteiger partial charge in [-0.2, -0.15) is 0 Å². The van der Waals surface area contributed by atoms with Crippen LogP contribution < -0.4 is 11.1 Å². The Balaban J connectivity index is 1.61. The van der Waals surface area contributed by atoms with Gasteiger partial charge in [-0.05, 0) is 30.2 Å². The molecule has 0 spiro atoms. The number of carbonyl (C=O) groups is 3. The first-order valence-corrected chi connectivity index (χ1v) is 11.6. The number of fused-ring (bicyclic) bond motifs is 2. The van der Waals surface area contributed by atoms with E-state index >= 15 is 0 Å². The van der Waals surface area contributed by atoms with E-state index in [1.807, 2.05) is 49.4 Å². The number of nitrogens with one attached hydrogen (secondary N) is 2. The van der Waals surface area contributed by atoms with Crippen LogP contribution in [0.25, 0.3) is 22.2 Å². The highest BCUT2D eigenvalue weighted by molar-refractivity contribution is 6.02. The van der Waals surface area contributed by atoms with Gasteiger partial charge in [-0.25, -0.2) is 0 Å². The van der Waals surface area contributed by atoms with Crippen LogP contribution in [0.4, 0.5) is 0 Å². The van der Waals surface area contributed by atoms with Gasteiger partial charge in [0.2, 0.25) is 11.8 Å². The lowest BCUT2D eigenvalue weighted by molar-refractivity contribution is -0.125. The summed E-state index contributed by atoms with van der Waals surface area (Å²) >= 11 is 0. The summed E-state index contributed by atoms with van der Waals surface area (Å²) in [5.74, 6) is -1.06. The summed E-state index contributed by atoms with van der Waals surface area (Å²) in [6, 6.07) is 23.6. The van der Waals surface area contributed by atoms with Crippen molar-refractivity contribution in [3.63, 3.8) is 0 Å². The topological polar surface area (TPSA) is 108 Å². The predicted octanol–water partition coefficient (Wildman–Crippen LogP) is 3.68. The Kier molecular flexibility index (Phi) is 5.82. The number of benzene rings is 3. The Bertz CT molecular complexity index is 1440. The van der Waals surface area contributed by atoms with Gasteiger partial charge in [0, 0.05) is 35.0 Å². The van der Waals surface area contributed by atoms with Gasteiger partial charge < -0.3 is 20.9 Å². The van der Waals surface area contributed by atoms with Gasteiger partial charge in [0.05, 0.1) is 18.3 Å². The smallest absolute Gasteiger partial charge is 0.255 e. The van der Waals surface area contributed by atoms with Crippen LogP contribution in [0.5, 0.6) is 0 Å². The minimum Gasteiger partial charge on any atom is -0.368 e. The number of H-pyrrole nitrogens is 1. The number of nitrogens with two attached hydrogens (primary N) is 1. The first-order valence-electron chi connectivity index (χ1n) is 11.6. The molecule has 1 aromatic heterocycles. The van der Waals surface area contributed by atoms with E-state index in [0.717, 1.165) is 38.9 Å². The Labute approximate surface area is 202 Å². The highest BCUT2D eigenvalue weighted by Gasteiger charge is 2.40. The second-order valence-corrected chi connectivity index (χ2v) is 8.81. The van der Waals surface area contributed by atoms with Crippen LogP contribution in [-0.2, 0) is 9.59 Å². The molecular weight excluding hydrogens is 440 g/mol. The standard InChI is InChI=1S/C28H26N4O3/c1-17-10-12-18(13-11-17)26-25(21-8-4-5-9-22(21)31-26)27-19-6-2-3-7-20(19)28(35)32(27)15-14-24(34)30-16-23(29)33/h2-13,27,31H,14-16H2,1H3,(H2,29,33)(H,30,34). The molecule has 4 N–H and O–H groups in total. The molecular formula is C28H26N4O3. The molecule has 1 atom stereocenters. The van der Waals surface area contributed by atoms with Crippen molar-refractivity contribution < 1.29 is 14.4 Å². The minimum atomic E-state index is -0.609. The molecule has 0 radical (unpaired) electrons. The fourth-order valence-corrected chi connectivity index (χ4v) is 4.80. The Morgan fingerprint density at radius 3 is 2.49 bits per heavy atom. The zero-order valence-corrected chi connectivity index (χ0v) is 19.4. The zero-order chi connectivity index (χ0) is 24.5. The molecule has 2 heterocycles. The number of hydrogen-bond acceptors (Lipinski definition) is 3. The molecule has 4 aromatic rings. The van der Waals surface area contributed by atoms with E-state index in [-0.39, 0.29) is 37.4 Å². The highest BCUT2D eigenvalue weighted by atomic mass is 16.2. The van der Waals surface area contributed by atoms with Gasteiger partial charge in [0.15, 0.2) is 0 Å². The molecule has 176 valence electrons. The van der Waals surface area contributed by atoms with Gasteiger partial charge in [0.1, 0.15) is 0 Å². The Morgan fingerprint density at radius 2 is 1.71 bits per heavy atom. The normalized spacial score (nSPS) is 14.8. The fraction of sp³-hybridized carbons (Fsp3) is 0.179. The van der Waals surface area contributed by atoms with E-state index in [1.165, 1.54) is 0 Å². The monoisotopic (exact) mass is 466 g/mol. The lowest BCUT2D eigenvalue weighted by atomic mass is 9.93. The van der Waals surface area contributed by atoms with E-state index in [9.17, 15) is 14.4 Å². The molecule has 1 aliphatic rings. The molecule has 1 unspecified atom stereocenters. The minimum absolute atomic E-state index is 0.0612. The molecule has 5 rings (SSSR count). The second kappa shape index (κ2) is 9.10. The molecule has 3 aromatic carbocycles. The Hall–Kier alpha value is -4.39. The van der Waals surface area contributed by atoms with Crippen molar-refractivity contribution in [3.8, 4) is 11.3 Å². The van der Waals surface area contributed by atoms with Crippen molar-refractivity contribution in [1.29, 1.82) is 0 Å². The van der Waals surface area contributed by atoms with Crippen molar-refractivity contribution in [2.45, 2.75) is 19.4 Å². The van der Waals surface area contributed by atoms with Crippen molar-refractivity contribution >= 4 is 28.6 Å². The van der Waals surface area contributed by atoms with Gasteiger partial charge in [-0.15, -0.1) is 0 Å². The van der Waals surface area contributed by atoms with E-state index in [0.29, 0.717) is 5.56 Å². The van der Waals surface area contributed by atoms with Crippen molar-refractivity contribution in [2.75, 3.05) is 13.1 Å². The number of primary amides is 1. The average molecular weight is 467 g/mol. The third kappa shape index (κ3) is 4.17. The number of hydrogen-bond donors (Lipinski definition) is 3. The SMILES string of the molecule is Cc1ccc(-c2[nH]c3ccccc3c2C2c3ccccc3C(=O)N2CCC(=O)NCC(N)=O)cc1. The number of aromatic nitrogens is 1. The molecule has 1 aliphatic heterocycles. The summed E-state index contributed by atoms with van der Waals surface area (Å²) in [5, 5.41) is 3.53. The fourth-order valence-electron chi connectivity index (χ4n) is 4.80. The number of nitrogens with zero attached hydrogens (tertiary/aromatic N) is 1. The molecule has 35 heavy (non-hydrogen) atoms. The Morgan fingerprint density at radius 1 is 1.00 bits per heavy atom. The highest BCUT2D eigenvalue weighted by Crippen LogP contribution is 2.45. The molecule has 3 amide bonds. The number of carbonyl (C=O) groups excluding carboxylic acids is 3. The number of amides is 3. The first-order chi connectivity index (χ1) is 16.9. The molecule has 0 bridgehead atoms. The maximum Gasteiger partial charge on any atom is 0.255 e. The van der Waals surface area contributed by atoms with Crippen molar-refractivity contribution in [3.05, 3.63) is 95.1 Å². The lowest BCUT2D eigenvalue weighted by Gasteiger charge is -2.26. The predicted molar refractivity (Wildman–Crippen MR) is 135 cm³/mol. The second-order valence-electron chi connectivity index (χ2n) is 8.81. The van der Waals surface area contributed by atoms with Crippen LogP contribution >= 0.6 is 0 Å². The molecule has 0 aliphatic carbocycles. The van der Waals surface area contributed by atoms with Crippen LogP contribution in [0.2, 0.25) is 0 Å². The van der Waals surface area contributed by atoms with Crippen molar-refractivity contribution in [1.82, 2.24) is 15.2 Å². The third-order valence-electron chi connectivity index (χ3n) is 6.46. The van der Waals surface area contributed by atoms with Crippen LogP contribution in [-0.4, -0.2) is 40.7 Å². The summed E-state index contributed by atoms with van der Waals surface area (Å²) < 4.78 is 0. The van der Waals surface area contributed by atoms with Gasteiger partial charge in [0.25, 0.3) is 5.91 Å². The largest absolute Gasteiger partial charge is 0.368 e. The van der Waals surface area contributed by atoms with E-state index in [4.69, 9.17) is 5.73 Å². The van der Waals surface area contributed by atoms with Crippen LogP contribution in [0, 0.1) is 6.92 Å². The van der Waals surface area contributed by atoms with Gasteiger partial charge in [-0.3, -0.25) is 14.4 Å². The van der Waals surface area contributed by atoms with Gasteiger partial charge in [-0.1, -0.05) is 66.2 Å². The quantitative estimate of drug-likeness (QED) is 0.387. The summed E-state index contributed by atoms with van der Waals surface area (Å²) in [5.41, 5.74) is 11.8. The number of aryl methyl sites for hydroxylation is 1. The molecule has 0 saturated carbocycles. The zero-order valence-electron chi connectivity index (χ0n) is 19.4. The number of aromatic amines is 1. The first kappa shape index (κ1) is 22.4. The maximum atomic E-state index is 13.5.